The fourth-order valence-corrected chi connectivity index (χ4v) is 4.04. The van der Waals surface area contributed by atoms with E-state index in [-0.39, 0.29) is 36.7 Å². The summed E-state index contributed by atoms with van der Waals surface area (Å²) in [7, 11) is 0. The van der Waals surface area contributed by atoms with Crippen LogP contribution in [0, 0.1) is 0 Å². The summed E-state index contributed by atoms with van der Waals surface area (Å²) >= 11 is 5.98. The number of aryl methyl sites for hydroxylation is 1. The van der Waals surface area contributed by atoms with E-state index in [4.69, 9.17) is 11.6 Å². The first-order chi connectivity index (χ1) is 17.7. The van der Waals surface area contributed by atoms with Crippen LogP contribution in [0.2, 0.25) is 5.02 Å². The van der Waals surface area contributed by atoms with Crippen LogP contribution in [0.3, 0.4) is 0 Å². The number of benzene rings is 2. The van der Waals surface area contributed by atoms with Crippen LogP contribution < -0.4 is 5.56 Å². The first kappa shape index (κ1) is 29.0. The van der Waals surface area contributed by atoms with E-state index in [1.807, 2.05) is 0 Å². The molecule has 6 nitrogen and oxygen atoms in total. The Morgan fingerprint density at radius 2 is 1.58 bits per heavy atom. The molecule has 2 aromatic carbocycles. The van der Waals surface area contributed by atoms with Gasteiger partial charge in [-0.15, -0.1) is 0 Å². The molecule has 0 radical (unpaired) electrons. The van der Waals surface area contributed by atoms with Gasteiger partial charge < -0.3 is 4.90 Å². The molecule has 3 aromatic rings. The molecule has 0 atom stereocenters. The van der Waals surface area contributed by atoms with Gasteiger partial charge in [-0.25, -0.2) is 4.68 Å². The summed E-state index contributed by atoms with van der Waals surface area (Å²) in [5.41, 5.74) is -4.63. The Hall–Kier alpha value is -3.54. The number of nitrogens with zero attached hydrogens (tertiary/aromatic N) is 2. The molecule has 0 aliphatic heterocycles. The number of hydrogen-bond acceptors (Lipinski definition) is 3. The highest BCUT2D eigenvalue weighted by atomic mass is 35.5. The topological polar surface area (TPSA) is 75.2 Å². The molecule has 3 rings (SSSR count). The summed E-state index contributed by atoms with van der Waals surface area (Å²) in [4.78, 5) is 40.2. The Balaban J connectivity index is 2.01. The van der Waals surface area contributed by atoms with E-state index in [0.717, 1.165) is 9.58 Å². The SMILES string of the molecule is CCCN(CC(=O)c1c(CC)[nH]n(-c2cccc(Cl)c2)c1=O)C(=O)c1cc(C(F)(F)F)cc(C(F)(F)F)c1. The van der Waals surface area contributed by atoms with Crippen LogP contribution in [0.15, 0.2) is 47.3 Å². The molecule has 0 saturated carbocycles. The summed E-state index contributed by atoms with van der Waals surface area (Å²) in [5.74, 6) is -2.03. The van der Waals surface area contributed by atoms with E-state index >= 15 is 0 Å². The fourth-order valence-electron chi connectivity index (χ4n) is 3.86. The van der Waals surface area contributed by atoms with Gasteiger partial charge in [0.05, 0.1) is 23.4 Å². The first-order valence-corrected chi connectivity index (χ1v) is 11.8. The zero-order chi connectivity index (χ0) is 28.4. The van der Waals surface area contributed by atoms with Gasteiger partial charge in [-0.1, -0.05) is 31.5 Å². The third-order valence-electron chi connectivity index (χ3n) is 5.61. The van der Waals surface area contributed by atoms with Crippen molar-refractivity contribution in [3.05, 3.63) is 85.8 Å². The van der Waals surface area contributed by atoms with Gasteiger partial charge >= 0.3 is 12.4 Å². The van der Waals surface area contributed by atoms with Crippen LogP contribution in [-0.4, -0.2) is 39.5 Å². The van der Waals surface area contributed by atoms with Crippen molar-refractivity contribution >= 4 is 23.3 Å². The molecule has 1 aromatic heterocycles. The lowest BCUT2D eigenvalue weighted by Crippen LogP contribution is -2.38. The molecule has 1 amide bonds. The number of carbonyl (C=O) groups is 2. The average Bonchev–Trinajstić information content (AvgIpc) is 3.18. The molecule has 0 aliphatic carbocycles. The van der Waals surface area contributed by atoms with Crippen molar-refractivity contribution in [1.82, 2.24) is 14.7 Å². The van der Waals surface area contributed by atoms with E-state index in [2.05, 4.69) is 5.10 Å². The first-order valence-electron chi connectivity index (χ1n) is 11.4. The molecule has 1 N–H and O–H groups in total. The van der Waals surface area contributed by atoms with Gasteiger partial charge in [0.15, 0.2) is 5.78 Å². The van der Waals surface area contributed by atoms with Gasteiger partial charge in [0.2, 0.25) is 0 Å². The second-order valence-corrected chi connectivity index (χ2v) is 8.82. The highest BCUT2D eigenvalue weighted by molar-refractivity contribution is 6.30. The van der Waals surface area contributed by atoms with Gasteiger partial charge in [0.25, 0.3) is 11.5 Å². The summed E-state index contributed by atoms with van der Waals surface area (Å²) < 4.78 is 80.8. The lowest BCUT2D eigenvalue weighted by atomic mass is 10.0. The maximum atomic E-state index is 13.3. The number of hydrogen-bond donors (Lipinski definition) is 1. The summed E-state index contributed by atoms with van der Waals surface area (Å²) in [6.45, 7) is 2.38. The predicted octanol–water partition coefficient (Wildman–Crippen LogP) is 6.15. The largest absolute Gasteiger partial charge is 0.416 e. The number of amides is 1. The number of aromatic nitrogens is 2. The molecule has 0 aliphatic rings. The maximum absolute atomic E-state index is 13.3. The molecule has 0 fully saturated rings. The monoisotopic (exact) mass is 561 g/mol. The van der Waals surface area contributed by atoms with Crippen molar-refractivity contribution in [1.29, 1.82) is 0 Å². The number of ketones is 1. The van der Waals surface area contributed by atoms with Gasteiger partial charge in [0.1, 0.15) is 5.56 Å². The highest BCUT2D eigenvalue weighted by Gasteiger charge is 2.38. The quantitative estimate of drug-likeness (QED) is 0.265. The lowest BCUT2D eigenvalue weighted by molar-refractivity contribution is -0.143. The minimum absolute atomic E-state index is 0.0856. The molecule has 204 valence electrons. The summed E-state index contributed by atoms with van der Waals surface area (Å²) in [6.07, 6.45) is -9.83. The van der Waals surface area contributed by atoms with E-state index < -0.39 is 52.8 Å². The van der Waals surface area contributed by atoms with Crippen molar-refractivity contribution in [2.45, 2.75) is 39.0 Å². The number of nitrogens with one attached hydrogen (secondary N) is 1. The number of aromatic amines is 1. The standard InChI is InChI=1S/C25H22ClF6N3O3/c1-3-8-34(22(37)14-9-15(24(27,28)29)11-16(10-14)25(30,31)32)13-20(36)21-19(4-2)33-35(23(21)38)18-7-5-6-17(26)12-18/h5-7,9-12,33H,3-4,8,13H2,1-2H3. The Morgan fingerprint density at radius 3 is 2.08 bits per heavy atom. The molecule has 0 spiro atoms. The van der Waals surface area contributed by atoms with Crippen LogP contribution in [0.25, 0.3) is 5.69 Å². The third kappa shape index (κ3) is 6.29. The molecule has 0 bridgehead atoms. The fraction of sp³-hybridized carbons (Fsp3) is 0.320. The van der Waals surface area contributed by atoms with Gasteiger partial charge in [0, 0.05) is 22.8 Å². The maximum Gasteiger partial charge on any atom is 0.416 e. The lowest BCUT2D eigenvalue weighted by Gasteiger charge is -2.22. The molecule has 13 heteroatoms. The zero-order valence-corrected chi connectivity index (χ0v) is 20.9. The van der Waals surface area contributed by atoms with Crippen LogP contribution in [0.4, 0.5) is 26.3 Å². The van der Waals surface area contributed by atoms with E-state index in [0.29, 0.717) is 22.8 Å². The van der Waals surface area contributed by atoms with Crippen molar-refractivity contribution in [3.8, 4) is 5.69 Å². The number of alkyl halides is 6. The molecule has 38 heavy (non-hydrogen) atoms. The van der Waals surface area contributed by atoms with Crippen molar-refractivity contribution in [2.75, 3.05) is 13.1 Å². The predicted molar refractivity (Wildman–Crippen MR) is 128 cm³/mol. The van der Waals surface area contributed by atoms with Crippen LogP contribution in [0.1, 0.15) is 57.8 Å². The average molecular weight is 562 g/mol. The smallest absolute Gasteiger partial charge is 0.331 e. The van der Waals surface area contributed by atoms with Gasteiger partial charge in [-0.3, -0.25) is 19.5 Å². The number of Topliss-reactive ketones (excluding diaryl/α,β-unsaturated/α-hetero) is 1. The second-order valence-electron chi connectivity index (χ2n) is 8.38. The molecule has 0 saturated heterocycles. The number of carbonyl (C=O) groups excluding carboxylic acids is 2. The second kappa shape index (κ2) is 11.1. The Bertz CT molecular complexity index is 1380. The number of rotatable bonds is 8. The summed E-state index contributed by atoms with van der Waals surface area (Å²) in [6, 6.07) is 6.75. The molecular weight excluding hydrogens is 540 g/mol. The zero-order valence-electron chi connectivity index (χ0n) is 20.1. The molecule has 0 unspecified atom stereocenters. The molecule has 1 heterocycles. The highest BCUT2D eigenvalue weighted by Crippen LogP contribution is 2.36. The Labute approximate surface area is 217 Å². The minimum Gasteiger partial charge on any atom is -0.331 e. The number of H-pyrrole nitrogens is 1. The van der Waals surface area contributed by atoms with E-state index in [1.54, 1.807) is 32.0 Å². The Morgan fingerprint density at radius 1 is 0.974 bits per heavy atom. The van der Waals surface area contributed by atoms with Gasteiger partial charge in [-0.05, 0) is 49.2 Å². The summed E-state index contributed by atoms with van der Waals surface area (Å²) in [5, 5.41) is 3.14. The van der Waals surface area contributed by atoms with Crippen LogP contribution in [-0.2, 0) is 18.8 Å². The van der Waals surface area contributed by atoms with Crippen molar-refractivity contribution in [3.63, 3.8) is 0 Å². The third-order valence-corrected chi connectivity index (χ3v) is 5.85. The van der Waals surface area contributed by atoms with Crippen molar-refractivity contribution < 1.29 is 35.9 Å². The normalized spacial score (nSPS) is 12.0. The minimum atomic E-state index is -5.14. The molecular formula is C25H22ClF6N3O3. The van der Waals surface area contributed by atoms with Gasteiger partial charge in [-0.2, -0.15) is 26.3 Å². The van der Waals surface area contributed by atoms with E-state index in [1.165, 1.54) is 6.07 Å². The van der Waals surface area contributed by atoms with Crippen LogP contribution >= 0.6 is 11.6 Å². The Kier molecular flexibility index (Phi) is 8.45. The van der Waals surface area contributed by atoms with Crippen LogP contribution in [0.5, 0.6) is 0 Å². The van der Waals surface area contributed by atoms with E-state index in [9.17, 15) is 40.7 Å². The van der Waals surface area contributed by atoms with Crippen molar-refractivity contribution in [2.24, 2.45) is 0 Å². The number of halogens is 7.